The topological polar surface area (TPSA) is 66.8 Å². The lowest BCUT2D eigenvalue weighted by Crippen LogP contribution is -2.45. The highest BCUT2D eigenvalue weighted by Gasteiger charge is 2.39. The molecule has 0 radical (unpaired) electrons. The summed E-state index contributed by atoms with van der Waals surface area (Å²) in [4.78, 5) is 0. The van der Waals surface area contributed by atoms with Gasteiger partial charge in [0.2, 0.25) is 0 Å². The van der Waals surface area contributed by atoms with Gasteiger partial charge in [0.05, 0.1) is 6.04 Å². The number of fused-ring (bicyclic) bond motifs is 1. The largest absolute Gasteiger partial charge is 0.413 e. The lowest BCUT2D eigenvalue weighted by atomic mass is 9.75. The summed E-state index contributed by atoms with van der Waals surface area (Å²) < 4.78 is 36.9. The molecule has 1 atom stereocenters. The number of rotatable bonds is 11. The standard InChI is InChI=1S/C21H35NO4S/c1-4-5-6-7-8-9-10-11-16-20-18-14-12-13-15-19(18)21(2,3)17-22(20)26-27(23,24)25/h12-15,20H,4-11,16-17H2,1-3H3,(H,23,24,25). The van der Waals surface area contributed by atoms with Crippen LogP contribution in [0.5, 0.6) is 0 Å². The van der Waals surface area contributed by atoms with Crippen LogP contribution in [-0.2, 0) is 20.1 Å². The van der Waals surface area contributed by atoms with Gasteiger partial charge in [0.15, 0.2) is 0 Å². The summed E-state index contributed by atoms with van der Waals surface area (Å²) in [6.45, 7) is 6.78. The maximum absolute atomic E-state index is 11.4. The molecule has 1 aromatic rings. The van der Waals surface area contributed by atoms with E-state index in [-0.39, 0.29) is 11.5 Å². The zero-order valence-electron chi connectivity index (χ0n) is 17.0. The van der Waals surface area contributed by atoms with Gasteiger partial charge in [0.1, 0.15) is 0 Å². The van der Waals surface area contributed by atoms with Crippen molar-refractivity contribution in [3.05, 3.63) is 35.4 Å². The normalized spacial score (nSPS) is 19.8. The summed E-state index contributed by atoms with van der Waals surface area (Å²) in [6, 6.07) is 8.00. The third-order valence-electron chi connectivity index (χ3n) is 5.47. The fraction of sp³-hybridized carbons (Fsp3) is 0.714. The zero-order chi connectivity index (χ0) is 19.9. The highest BCUT2D eigenvalue weighted by Crippen LogP contribution is 2.42. The van der Waals surface area contributed by atoms with Crippen molar-refractivity contribution >= 4 is 10.4 Å². The van der Waals surface area contributed by atoms with Gasteiger partial charge in [-0.3, -0.25) is 4.55 Å². The van der Waals surface area contributed by atoms with E-state index in [0.29, 0.717) is 6.54 Å². The van der Waals surface area contributed by atoms with Crippen molar-refractivity contribution in [2.75, 3.05) is 6.54 Å². The molecule has 2 rings (SSSR count). The van der Waals surface area contributed by atoms with Crippen LogP contribution in [0.1, 0.15) is 95.7 Å². The van der Waals surface area contributed by atoms with Crippen molar-refractivity contribution in [3.63, 3.8) is 0 Å². The third kappa shape index (κ3) is 6.86. The Bertz CT molecular complexity index is 687. The van der Waals surface area contributed by atoms with Gasteiger partial charge in [-0.25, -0.2) is 0 Å². The molecule has 0 saturated heterocycles. The van der Waals surface area contributed by atoms with Crippen molar-refractivity contribution < 1.29 is 17.3 Å². The fourth-order valence-corrected chi connectivity index (χ4v) is 4.51. The first kappa shape index (κ1) is 22.3. The summed E-state index contributed by atoms with van der Waals surface area (Å²) in [6.07, 6.45) is 10.6. The molecule has 1 aromatic carbocycles. The van der Waals surface area contributed by atoms with E-state index in [1.165, 1.54) is 49.2 Å². The molecule has 0 fully saturated rings. The monoisotopic (exact) mass is 397 g/mol. The molecular formula is C21H35NO4S. The summed E-state index contributed by atoms with van der Waals surface area (Å²) in [5.74, 6) is 0. The van der Waals surface area contributed by atoms with Gasteiger partial charge < -0.3 is 0 Å². The summed E-state index contributed by atoms with van der Waals surface area (Å²) >= 11 is 0. The van der Waals surface area contributed by atoms with Crippen molar-refractivity contribution in [1.29, 1.82) is 0 Å². The number of hydrogen-bond donors (Lipinski definition) is 1. The van der Waals surface area contributed by atoms with Gasteiger partial charge >= 0.3 is 10.4 Å². The second kappa shape index (κ2) is 10.0. The van der Waals surface area contributed by atoms with Gasteiger partial charge in [-0.15, -0.1) is 0 Å². The predicted molar refractivity (Wildman–Crippen MR) is 109 cm³/mol. The van der Waals surface area contributed by atoms with E-state index < -0.39 is 10.4 Å². The molecule has 5 nitrogen and oxygen atoms in total. The minimum atomic E-state index is -4.53. The van der Waals surface area contributed by atoms with Crippen LogP contribution in [0.3, 0.4) is 0 Å². The average Bonchev–Trinajstić information content (AvgIpc) is 2.58. The highest BCUT2D eigenvalue weighted by molar-refractivity contribution is 7.80. The molecule has 0 bridgehead atoms. The first-order valence-corrected chi connectivity index (χ1v) is 11.6. The van der Waals surface area contributed by atoms with E-state index in [4.69, 9.17) is 4.28 Å². The zero-order valence-corrected chi connectivity index (χ0v) is 17.8. The fourth-order valence-electron chi connectivity index (χ4n) is 4.11. The number of benzene rings is 1. The molecular weight excluding hydrogens is 362 g/mol. The quantitative estimate of drug-likeness (QED) is 0.390. The maximum Gasteiger partial charge on any atom is 0.413 e. The average molecular weight is 398 g/mol. The Morgan fingerprint density at radius 3 is 2.30 bits per heavy atom. The molecule has 27 heavy (non-hydrogen) atoms. The Labute approximate surface area is 165 Å². The van der Waals surface area contributed by atoms with Gasteiger partial charge in [-0.2, -0.15) is 17.8 Å². The Morgan fingerprint density at radius 1 is 1.07 bits per heavy atom. The molecule has 6 heteroatoms. The van der Waals surface area contributed by atoms with Crippen LogP contribution < -0.4 is 0 Å². The van der Waals surface area contributed by atoms with E-state index in [1.54, 1.807) is 0 Å². The van der Waals surface area contributed by atoms with E-state index in [0.717, 1.165) is 24.8 Å². The molecule has 0 aliphatic carbocycles. The molecule has 0 amide bonds. The molecule has 0 spiro atoms. The summed E-state index contributed by atoms with van der Waals surface area (Å²) in [5.41, 5.74) is 2.07. The van der Waals surface area contributed by atoms with Crippen LogP contribution in [0.15, 0.2) is 24.3 Å². The highest BCUT2D eigenvalue weighted by atomic mass is 32.3. The molecule has 1 heterocycles. The number of hydrogen-bond acceptors (Lipinski definition) is 4. The Kier molecular flexibility index (Phi) is 8.28. The van der Waals surface area contributed by atoms with E-state index >= 15 is 0 Å². The van der Waals surface area contributed by atoms with Gasteiger partial charge in [-0.1, -0.05) is 96.4 Å². The lowest BCUT2D eigenvalue weighted by Gasteiger charge is -2.43. The minimum Gasteiger partial charge on any atom is -0.262 e. The number of unbranched alkanes of at least 4 members (excludes halogenated alkanes) is 7. The molecule has 1 unspecified atom stereocenters. The molecule has 1 N–H and O–H groups in total. The second-order valence-electron chi connectivity index (χ2n) is 8.33. The van der Waals surface area contributed by atoms with Crippen LogP contribution in [0, 0.1) is 0 Å². The van der Waals surface area contributed by atoms with Crippen molar-refractivity contribution in [1.82, 2.24) is 5.06 Å². The van der Waals surface area contributed by atoms with Crippen molar-refractivity contribution in [3.8, 4) is 0 Å². The van der Waals surface area contributed by atoms with E-state index in [2.05, 4.69) is 26.8 Å². The van der Waals surface area contributed by atoms with Crippen molar-refractivity contribution in [2.24, 2.45) is 0 Å². The Balaban J connectivity index is 2.01. The lowest BCUT2D eigenvalue weighted by molar-refractivity contribution is -0.122. The number of nitrogens with zero attached hydrogens (tertiary/aromatic N) is 1. The molecule has 0 aromatic heterocycles. The minimum absolute atomic E-state index is 0.156. The first-order chi connectivity index (χ1) is 12.7. The summed E-state index contributed by atoms with van der Waals surface area (Å²) in [7, 11) is -4.53. The molecule has 1 aliphatic rings. The van der Waals surface area contributed by atoms with Crippen LogP contribution >= 0.6 is 0 Å². The summed E-state index contributed by atoms with van der Waals surface area (Å²) in [5, 5.41) is 1.46. The van der Waals surface area contributed by atoms with Crippen molar-refractivity contribution in [2.45, 2.75) is 90.0 Å². The SMILES string of the molecule is CCCCCCCCCCC1c2ccccc2C(C)(C)CN1OS(=O)(=O)O. The van der Waals surface area contributed by atoms with Crippen LogP contribution in [0.25, 0.3) is 0 Å². The molecule has 0 saturated carbocycles. The predicted octanol–water partition coefficient (Wildman–Crippen LogP) is 5.59. The Morgan fingerprint density at radius 2 is 1.67 bits per heavy atom. The van der Waals surface area contributed by atoms with Crippen LogP contribution in [-0.4, -0.2) is 24.6 Å². The van der Waals surface area contributed by atoms with Crippen LogP contribution in [0.2, 0.25) is 0 Å². The van der Waals surface area contributed by atoms with E-state index in [9.17, 15) is 13.0 Å². The second-order valence-corrected chi connectivity index (χ2v) is 9.33. The first-order valence-electron chi connectivity index (χ1n) is 10.3. The Hall–Kier alpha value is -0.950. The van der Waals surface area contributed by atoms with Gasteiger partial charge in [-0.05, 0) is 17.5 Å². The number of hydroxylamine groups is 2. The van der Waals surface area contributed by atoms with E-state index in [1.807, 2.05) is 18.2 Å². The van der Waals surface area contributed by atoms with Gasteiger partial charge in [0, 0.05) is 12.0 Å². The molecule has 154 valence electrons. The van der Waals surface area contributed by atoms with Gasteiger partial charge in [0.25, 0.3) is 0 Å². The third-order valence-corrected chi connectivity index (χ3v) is 5.85. The maximum atomic E-state index is 11.4. The smallest absolute Gasteiger partial charge is 0.262 e. The molecule has 1 aliphatic heterocycles. The van der Waals surface area contributed by atoms with Crippen LogP contribution in [0.4, 0.5) is 0 Å².